The molecule has 456 valence electrons. The van der Waals surface area contributed by atoms with E-state index in [-0.39, 0.29) is 36.7 Å². The fraction of sp³-hybridized carbons (Fsp3) is 0.683. The number of methoxy groups -OCH3 is 2. The highest BCUT2D eigenvalue weighted by Gasteiger charge is 2.44. The Morgan fingerprint density at radius 2 is 1.37 bits per heavy atom. The molecule has 1 aliphatic rings. The van der Waals surface area contributed by atoms with Crippen LogP contribution < -0.4 is 26.6 Å². The number of amides is 7. The SMILES string of the molecule is CC[C@H](C)[C@@H]([C@@H](CC(=O)N1CCC[C@H]1[C@H](OC)[C@@H](C)C(=O)N[C@H](C)[C@@H](O)c1ccccc1)OC)N(C)C(=O)[C@@H](NC(=O)[C@H](C(C)C)N(C)C(=O)OCc1ccc(NC(=O)[C@H](C)NC(O)[C@@H](NC(=O)OC(C)(C)C)C(C)C)cc1)C(C)C. The molecule has 3 rings (SSSR count). The number of aliphatic hydroxyl groups excluding tert-OH is 2. The molecule has 0 spiro atoms. The Bertz CT molecular complexity index is 2330. The first-order valence-electron chi connectivity index (χ1n) is 28.6. The van der Waals surface area contributed by atoms with Gasteiger partial charge in [0.15, 0.2) is 0 Å². The van der Waals surface area contributed by atoms with Gasteiger partial charge in [0.1, 0.15) is 30.5 Å². The van der Waals surface area contributed by atoms with Crippen molar-refractivity contribution in [1.29, 1.82) is 0 Å². The van der Waals surface area contributed by atoms with Gasteiger partial charge in [-0.3, -0.25) is 34.2 Å². The zero-order chi connectivity index (χ0) is 61.2. The Kier molecular flexibility index (Phi) is 27.5. The third kappa shape index (κ3) is 20.2. The second kappa shape index (κ2) is 32.1. The van der Waals surface area contributed by atoms with Crippen molar-refractivity contribution < 1.29 is 62.7 Å². The van der Waals surface area contributed by atoms with Crippen LogP contribution in [-0.2, 0) is 49.5 Å². The van der Waals surface area contributed by atoms with E-state index in [2.05, 4.69) is 26.6 Å². The minimum Gasteiger partial charge on any atom is -0.445 e. The lowest BCUT2D eigenvalue weighted by atomic mass is 9.89. The standard InChI is InChI=1S/C60H98N8O13/c1-19-37(8)50(45(78-17)32-46(69)68-31-23-26-44(68)52(79-18)38(9)53(71)61-39(10)51(70)42-24-21-20-22-25-42)66(15)57(75)48(35(4)5)64-56(74)49(36(6)7)67(16)59(77)80-33-41-27-29-43(30-28-41)63-54(72)40(11)62-55(73)47(34(2)3)65-58(76)81-60(12,13)14/h20-22,24-25,27-30,34-40,44-45,47-52,55,62,70,73H,19,23,26,31-33H2,1-18H3,(H,61,71)(H,63,72)(H,64,74)(H,65,76)/t37-,38+,39+,40-,44-,45+,47-,48-,49-,50-,51+,52+,55?/m0/s1. The summed E-state index contributed by atoms with van der Waals surface area (Å²) in [6, 6.07) is 10.4. The van der Waals surface area contributed by atoms with Gasteiger partial charge in [0.25, 0.3) is 0 Å². The van der Waals surface area contributed by atoms with Gasteiger partial charge in [-0.2, -0.15) is 0 Å². The number of hydrogen-bond acceptors (Lipinski definition) is 14. The fourth-order valence-electron chi connectivity index (χ4n) is 10.4. The lowest BCUT2D eigenvalue weighted by molar-refractivity contribution is -0.148. The van der Waals surface area contributed by atoms with Crippen molar-refractivity contribution >= 4 is 47.4 Å². The second-order valence-corrected chi connectivity index (χ2v) is 23.8. The highest BCUT2D eigenvalue weighted by Crippen LogP contribution is 2.30. The number of rotatable bonds is 29. The quantitative estimate of drug-likeness (QED) is 0.0437. The second-order valence-electron chi connectivity index (χ2n) is 23.8. The summed E-state index contributed by atoms with van der Waals surface area (Å²) >= 11 is 0. The van der Waals surface area contributed by atoms with Gasteiger partial charge in [0, 0.05) is 40.5 Å². The number of hydrogen-bond donors (Lipinski definition) is 7. The molecule has 1 heterocycles. The molecule has 0 aliphatic carbocycles. The normalized spacial score (nSPS) is 18.2. The maximum Gasteiger partial charge on any atom is 0.410 e. The van der Waals surface area contributed by atoms with E-state index in [4.69, 9.17) is 18.9 Å². The Balaban J connectivity index is 1.67. The molecule has 21 nitrogen and oxygen atoms in total. The van der Waals surface area contributed by atoms with Gasteiger partial charge in [-0.15, -0.1) is 0 Å². The van der Waals surface area contributed by atoms with Crippen LogP contribution in [0, 0.1) is 29.6 Å². The van der Waals surface area contributed by atoms with Crippen LogP contribution in [0.1, 0.15) is 140 Å². The molecule has 0 saturated carbocycles. The molecule has 81 heavy (non-hydrogen) atoms. The molecule has 1 saturated heterocycles. The molecule has 1 unspecified atom stereocenters. The number of nitrogens with one attached hydrogen (secondary N) is 5. The maximum atomic E-state index is 14.7. The molecule has 21 heteroatoms. The summed E-state index contributed by atoms with van der Waals surface area (Å²) in [5, 5.41) is 36.0. The molecule has 0 aromatic heterocycles. The highest BCUT2D eigenvalue weighted by molar-refractivity contribution is 5.94. The molecule has 2 aromatic rings. The summed E-state index contributed by atoms with van der Waals surface area (Å²) < 4.78 is 23.0. The van der Waals surface area contributed by atoms with Crippen molar-refractivity contribution in [3.63, 3.8) is 0 Å². The predicted molar refractivity (Wildman–Crippen MR) is 310 cm³/mol. The van der Waals surface area contributed by atoms with Gasteiger partial charge in [0.05, 0.1) is 60.9 Å². The van der Waals surface area contributed by atoms with Crippen LogP contribution >= 0.6 is 0 Å². The van der Waals surface area contributed by atoms with Crippen LogP contribution in [0.5, 0.6) is 0 Å². The number of ether oxygens (including phenoxy) is 4. The van der Waals surface area contributed by atoms with Crippen LogP contribution in [0.2, 0.25) is 0 Å². The monoisotopic (exact) mass is 1140 g/mol. The lowest BCUT2D eigenvalue weighted by Gasteiger charge is -2.41. The van der Waals surface area contributed by atoms with Crippen LogP contribution in [0.3, 0.4) is 0 Å². The number of carbonyl (C=O) groups is 7. The first-order chi connectivity index (χ1) is 37.9. The summed E-state index contributed by atoms with van der Waals surface area (Å²) in [6.07, 6.45) is -3.19. The van der Waals surface area contributed by atoms with Crippen molar-refractivity contribution in [1.82, 2.24) is 36.0 Å². The van der Waals surface area contributed by atoms with E-state index in [1.54, 1.807) is 109 Å². The van der Waals surface area contributed by atoms with Crippen LogP contribution in [0.25, 0.3) is 0 Å². The molecule has 0 bridgehead atoms. The lowest BCUT2D eigenvalue weighted by Crippen LogP contribution is -2.60. The number of nitrogens with zero attached hydrogens (tertiary/aromatic N) is 3. The van der Waals surface area contributed by atoms with E-state index in [1.807, 2.05) is 59.7 Å². The third-order valence-corrected chi connectivity index (χ3v) is 15.2. The van der Waals surface area contributed by atoms with E-state index in [9.17, 15) is 43.8 Å². The molecule has 13 atom stereocenters. The molecule has 7 amide bonds. The molecule has 7 N–H and O–H groups in total. The first-order valence-corrected chi connectivity index (χ1v) is 28.6. The van der Waals surface area contributed by atoms with Gasteiger partial charge < -0.3 is 60.2 Å². The summed E-state index contributed by atoms with van der Waals surface area (Å²) in [5.41, 5.74) is 0.976. The number of alkyl carbamates (subject to hydrolysis) is 1. The van der Waals surface area contributed by atoms with Crippen LogP contribution in [-0.4, -0.2) is 168 Å². The smallest absolute Gasteiger partial charge is 0.410 e. The molecular weight excluding hydrogens is 1040 g/mol. The van der Waals surface area contributed by atoms with Gasteiger partial charge in [-0.1, -0.05) is 111 Å². The van der Waals surface area contributed by atoms with Crippen LogP contribution in [0.4, 0.5) is 15.3 Å². The third-order valence-electron chi connectivity index (χ3n) is 15.2. The molecule has 0 radical (unpaired) electrons. The van der Waals surface area contributed by atoms with Crippen molar-refractivity contribution in [3.8, 4) is 0 Å². The van der Waals surface area contributed by atoms with Gasteiger partial charge in [-0.05, 0) is 94.4 Å². The Morgan fingerprint density at radius 3 is 1.90 bits per heavy atom. The van der Waals surface area contributed by atoms with E-state index < -0.39 is 120 Å². The summed E-state index contributed by atoms with van der Waals surface area (Å²) in [6.45, 7) is 25.4. The van der Waals surface area contributed by atoms with E-state index in [0.717, 1.165) is 0 Å². The van der Waals surface area contributed by atoms with Crippen LogP contribution in [0.15, 0.2) is 54.6 Å². The molecule has 1 aliphatic heterocycles. The number of carbonyl (C=O) groups excluding carboxylic acids is 7. The summed E-state index contributed by atoms with van der Waals surface area (Å²) in [7, 11) is 6.14. The Morgan fingerprint density at radius 1 is 0.753 bits per heavy atom. The van der Waals surface area contributed by atoms with Gasteiger partial charge in [-0.25, -0.2) is 9.59 Å². The van der Waals surface area contributed by atoms with Crippen molar-refractivity contribution in [2.24, 2.45) is 29.6 Å². The van der Waals surface area contributed by atoms with Gasteiger partial charge >= 0.3 is 12.2 Å². The number of likely N-dealkylation sites (N-methyl/N-ethyl adjacent to an activating group) is 2. The number of benzene rings is 2. The number of anilines is 1. The minimum atomic E-state index is -1.27. The average Bonchev–Trinajstić information content (AvgIpc) is 3.91. The van der Waals surface area contributed by atoms with E-state index in [1.165, 1.54) is 26.2 Å². The van der Waals surface area contributed by atoms with Crippen molar-refractivity contribution in [2.45, 2.75) is 202 Å². The number of aliphatic hydroxyl groups is 2. The summed E-state index contributed by atoms with van der Waals surface area (Å²) in [5.74, 6) is -3.75. The zero-order valence-electron chi connectivity index (χ0n) is 51.4. The highest BCUT2D eigenvalue weighted by atomic mass is 16.6. The minimum absolute atomic E-state index is 0.0698. The Hall–Kier alpha value is -5.87. The van der Waals surface area contributed by atoms with E-state index in [0.29, 0.717) is 42.6 Å². The van der Waals surface area contributed by atoms with Crippen molar-refractivity contribution in [2.75, 3.05) is 40.2 Å². The largest absolute Gasteiger partial charge is 0.445 e. The van der Waals surface area contributed by atoms with E-state index >= 15 is 0 Å². The average molecular weight is 1140 g/mol. The topological polar surface area (TPSA) is 267 Å². The predicted octanol–water partition coefficient (Wildman–Crippen LogP) is 6.36. The summed E-state index contributed by atoms with van der Waals surface area (Å²) in [4.78, 5) is 101. The zero-order valence-corrected chi connectivity index (χ0v) is 51.4. The Labute approximate surface area is 481 Å². The molecule has 1 fully saturated rings. The number of likely N-dealkylation sites (tertiary alicyclic amines) is 1. The first kappa shape index (κ1) is 69.4. The molecule has 2 aromatic carbocycles. The maximum absolute atomic E-state index is 14.7. The van der Waals surface area contributed by atoms with Gasteiger partial charge in [0.2, 0.25) is 29.5 Å². The van der Waals surface area contributed by atoms with Crippen molar-refractivity contribution in [3.05, 3.63) is 65.7 Å². The fourth-order valence-corrected chi connectivity index (χ4v) is 10.4. The molecular formula is C60H98N8O13.